The molecule has 1 rings (SSSR count). The molecule has 0 bridgehead atoms. The molecule has 0 aliphatic carbocycles. The molecule has 6 nitrogen and oxygen atoms in total. The van der Waals surface area contributed by atoms with Crippen LogP contribution >= 0.6 is 0 Å². The van der Waals surface area contributed by atoms with Gasteiger partial charge in [0, 0.05) is 13.0 Å². The summed E-state index contributed by atoms with van der Waals surface area (Å²) in [5.74, 6) is 0.750. The molecule has 0 fully saturated rings. The van der Waals surface area contributed by atoms with Gasteiger partial charge in [-0.05, 0) is 18.5 Å². The van der Waals surface area contributed by atoms with Crippen molar-refractivity contribution in [2.75, 3.05) is 7.11 Å². The fourth-order valence-corrected chi connectivity index (χ4v) is 1.29. The number of methoxy groups -OCH3 is 1. The summed E-state index contributed by atoms with van der Waals surface area (Å²) < 4.78 is 6.18. The van der Waals surface area contributed by atoms with Crippen LogP contribution in [0.1, 0.15) is 18.7 Å². The van der Waals surface area contributed by atoms with E-state index < -0.39 is 0 Å². The Hall–Kier alpha value is -1.72. The molecule has 0 unspecified atom stereocenters. The Bertz CT molecular complexity index is 359. The van der Waals surface area contributed by atoms with E-state index in [9.17, 15) is 9.70 Å². The summed E-state index contributed by atoms with van der Waals surface area (Å²) in [6.07, 6.45) is 2.35. The van der Waals surface area contributed by atoms with Gasteiger partial charge in [-0.25, -0.2) is 4.98 Å². The molecule has 1 aromatic rings. The van der Waals surface area contributed by atoms with Crippen molar-refractivity contribution in [2.45, 2.75) is 26.3 Å². The number of hydrogen-bond donors (Lipinski definition) is 0. The maximum absolute atomic E-state index is 10.8. The molecule has 0 atom stereocenters. The summed E-state index contributed by atoms with van der Waals surface area (Å²) in [6.45, 7) is 2.33. The molecule has 6 heteroatoms. The molecule has 82 valence electrons. The zero-order chi connectivity index (χ0) is 11.3. The summed E-state index contributed by atoms with van der Waals surface area (Å²) >= 11 is 0. The lowest BCUT2D eigenvalue weighted by atomic mass is 10.3. The van der Waals surface area contributed by atoms with E-state index in [0.717, 1.165) is 5.82 Å². The summed E-state index contributed by atoms with van der Waals surface area (Å²) in [5.41, 5.74) is 0. The zero-order valence-electron chi connectivity index (χ0n) is 8.77. The van der Waals surface area contributed by atoms with Gasteiger partial charge in [-0.2, -0.15) is 0 Å². The average Bonchev–Trinajstić information content (AvgIpc) is 2.60. The standard InChI is InChI=1S/C9H13N3O3/c1-7-10-6-8(11-14)12(7)5-3-4-9(13)15-2/h6H,3-5H2,1-2H3. The smallest absolute Gasteiger partial charge is 0.305 e. The SMILES string of the molecule is COC(=O)CCCn1c(N=O)cnc1C. The van der Waals surface area contributed by atoms with Crippen molar-refractivity contribution in [1.82, 2.24) is 9.55 Å². The van der Waals surface area contributed by atoms with Gasteiger partial charge in [0.2, 0.25) is 0 Å². The second kappa shape index (κ2) is 5.23. The summed E-state index contributed by atoms with van der Waals surface area (Å²) in [4.78, 5) is 25.2. The van der Waals surface area contributed by atoms with E-state index in [1.165, 1.54) is 13.3 Å². The highest BCUT2D eigenvalue weighted by Crippen LogP contribution is 2.14. The fraction of sp³-hybridized carbons (Fsp3) is 0.556. The van der Waals surface area contributed by atoms with Gasteiger partial charge in [0.25, 0.3) is 0 Å². The topological polar surface area (TPSA) is 73.6 Å². The van der Waals surface area contributed by atoms with Gasteiger partial charge >= 0.3 is 5.97 Å². The lowest BCUT2D eigenvalue weighted by Crippen LogP contribution is -2.05. The van der Waals surface area contributed by atoms with E-state index in [-0.39, 0.29) is 11.8 Å². The first-order valence-electron chi connectivity index (χ1n) is 4.61. The number of nitrogens with zero attached hydrogens (tertiary/aromatic N) is 3. The molecule has 0 saturated heterocycles. The summed E-state index contributed by atoms with van der Waals surface area (Å²) in [6, 6.07) is 0. The second-order valence-corrected chi connectivity index (χ2v) is 3.09. The van der Waals surface area contributed by atoms with E-state index in [1.807, 2.05) is 0 Å². The van der Waals surface area contributed by atoms with Crippen LogP contribution in [-0.2, 0) is 16.1 Å². The largest absolute Gasteiger partial charge is 0.469 e. The molecular formula is C9H13N3O3. The van der Waals surface area contributed by atoms with Crippen LogP contribution in [0.15, 0.2) is 11.4 Å². The number of aryl methyl sites for hydroxylation is 1. The first-order valence-corrected chi connectivity index (χ1v) is 4.61. The lowest BCUT2D eigenvalue weighted by Gasteiger charge is -2.04. The molecule has 0 aliphatic rings. The van der Waals surface area contributed by atoms with Gasteiger partial charge in [0.15, 0.2) is 5.82 Å². The maximum atomic E-state index is 10.8. The van der Waals surface area contributed by atoms with Gasteiger partial charge < -0.3 is 9.30 Å². The van der Waals surface area contributed by atoms with Crippen LogP contribution in [0.2, 0.25) is 0 Å². The molecule has 0 aliphatic heterocycles. The third-order valence-electron chi connectivity index (χ3n) is 2.12. The molecule has 0 aromatic carbocycles. The Morgan fingerprint density at radius 1 is 1.67 bits per heavy atom. The monoisotopic (exact) mass is 211 g/mol. The number of aromatic nitrogens is 2. The van der Waals surface area contributed by atoms with Crippen LogP contribution in [0, 0.1) is 11.8 Å². The minimum absolute atomic E-state index is 0.256. The highest BCUT2D eigenvalue weighted by atomic mass is 16.5. The highest BCUT2D eigenvalue weighted by molar-refractivity contribution is 5.68. The van der Waals surface area contributed by atoms with Crippen molar-refractivity contribution in [1.29, 1.82) is 0 Å². The Kier molecular flexibility index (Phi) is 3.96. The van der Waals surface area contributed by atoms with Gasteiger partial charge in [-0.1, -0.05) is 0 Å². The predicted octanol–water partition coefficient (Wildman–Crippen LogP) is 1.54. The number of carbonyl (C=O) groups excluding carboxylic acids is 1. The van der Waals surface area contributed by atoms with Crippen molar-refractivity contribution >= 4 is 11.8 Å². The Labute approximate surface area is 87.2 Å². The minimum Gasteiger partial charge on any atom is -0.469 e. The quantitative estimate of drug-likeness (QED) is 0.547. The number of nitroso groups, excluding NO2 is 1. The van der Waals surface area contributed by atoms with Crippen LogP contribution < -0.4 is 0 Å². The van der Waals surface area contributed by atoms with Crippen LogP contribution in [0.25, 0.3) is 0 Å². The van der Waals surface area contributed by atoms with Gasteiger partial charge in [-0.15, -0.1) is 4.91 Å². The second-order valence-electron chi connectivity index (χ2n) is 3.09. The van der Waals surface area contributed by atoms with Crippen molar-refractivity contribution in [3.63, 3.8) is 0 Å². The van der Waals surface area contributed by atoms with Crippen molar-refractivity contribution < 1.29 is 9.53 Å². The third-order valence-corrected chi connectivity index (χ3v) is 2.12. The number of imidazole rings is 1. The fourth-order valence-electron chi connectivity index (χ4n) is 1.29. The number of hydrogen-bond acceptors (Lipinski definition) is 5. The normalized spacial score (nSPS) is 10.0. The van der Waals surface area contributed by atoms with Crippen molar-refractivity contribution in [3.8, 4) is 0 Å². The molecule has 15 heavy (non-hydrogen) atoms. The Morgan fingerprint density at radius 3 is 3.00 bits per heavy atom. The van der Waals surface area contributed by atoms with Gasteiger partial charge in [-0.3, -0.25) is 4.79 Å². The molecule has 0 amide bonds. The van der Waals surface area contributed by atoms with E-state index in [1.54, 1.807) is 11.5 Å². The highest BCUT2D eigenvalue weighted by Gasteiger charge is 2.07. The number of rotatable bonds is 5. The minimum atomic E-state index is -0.256. The summed E-state index contributed by atoms with van der Waals surface area (Å²) in [7, 11) is 1.35. The molecule has 1 heterocycles. The molecule has 0 saturated carbocycles. The van der Waals surface area contributed by atoms with E-state index in [4.69, 9.17) is 0 Å². The average molecular weight is 211 g/mol. The Morgan fingerprint density at radius 2 is 2.40 bits per heavy atom. The first kappa shape index (κ1) is 11.4. The summed E-state index contributed by atoms with van der Waals surface area (Å²) in [5, 5.41) is 2.84. The van der Waals surface area contributed by atoms with Crippen molar-refractivity contribution in [2.24, 2.45) is 5.18 Å². The van der Waals surface area contributed by atoms with Gasteiger partial charge in [0.05, 0.1) is 13.3 Å². The van der Waals surface area contributed by atoms with Crippen LogP contribution in [0.4, 0.5) is 5.82 Å². The van der Waals surface area contributed by atoms with Crippen LogP contribution in [0.3, 0.4) is 0 Å². The number of esters is 1. The first-order chi connectivity index (χ1) is 7.19. The lowest BCUT2D eigenvalue weighted by molar-refractivity contribution is -0.140. The van der Waals surface area contributed by atoms with Gasteiger partial charge in [0.1, 0.15) is 5.82 Å². The number of ether oxygens (including phenoxy) is 1. The molecule has 0 N–H and O–H groups in total. The third kappa shape index (κ3) is 2.87. The molecule has 1 aromatic heterocycles. The van der Waals surface area contributed by atoms with Crippen LogP contribution in [-0.4, -0.2) is 22.6 Å². The van der Waals surface area contributed by atoms with Crippen LogP contribution in [0.5, 0.6) is 0 Å². The molecular weight excluding hydrogens is 198 g/mol. The van der Waals surface area contributed by atoms with E-state index in [0.29, 0.717) is 19.4 Å². The molecule has 0 spiro atoms. The Balaban J connectivity index is 2.53. The number of carbonyl (C=O) groups is 1. The van der Waals surface area contributed by atoms with Crippen molar-refractivity contribution in [3.05, 3.63) is 16.9 Å². The van der Waals surface area contributed by atoms with E-state index in [2.05, 4.69) is 14.9 Å². The maximum Gasteiger partial charge on any atom is 0.305 e. The molecule has 0 radical (unpaired) electrons. The zero-order valence-corrected chi connectivity index (χ0v) is 8.77. The predicted molar refractivity (Wildman–Crippen MR) is 53.7 cm³/mol. The van der Waals surface area contributed by atoms with E-state index >= 15 is 0 Å².